The van der Waals surface area contributed by atoms with Crippen LogP contribution in [-0.4, -0.2) is 28.9 Å². The Balaban J connectivity index is 1.45. The van der Waals surface area contributed by atoms with Crippen LogP contribution >= 0.6 is 0 Å². The Morgan fingerprint density at radius 2 is 1.73 bits per heavy atom. The summed E-state index contributed by atoms with van der Waals surface area (Å²) in [5.41, 5.74) is 5.73. The zero-order valence-electron chi connectivity index (χ0n) is 16.8. The maximum Gasteiger partial charge on any atom is 0.258 e. The lowest BCUT2D eigenvalue weighted by Gasteiger charge is -2.20. The number of pyridine rings is 1. The first kappa shape index (κ1) is 18.4. The molecule has 0 radical (unpaired) electrons. The van der Waals surface area contributed by atoms with Crippen LogP contribution in [0.4, 0.5) is 0 Å². The van der Waals surface area contributed by atoms with E-state index in [4.69, 9.17) is 9.72 Å². The van der Waals surface area contributed by atoms with Gasteiger partial charge in [0.1, 0.15) is 12.4 Å². The molecule has 4 heteroatoms. The third-order valence-electron chi connectivity index (χ3n) is 5.51. The van der Waals surface area contributed by atoms with Crippen molar-refractivity contribution in [3.63, 3.8) is 0 Å². The van der Waals surface area contributed by atoms with E-state index in [-0.39, 0.29) is 5.91 Å². The molecule has 0 fully saturated rings. The van der Waals surface area contributed by atoms with Crippen molar-refractivity contribution in [1.82, 2.24) is 9.88 Å². The maximum atomic E-state index is 13.4. The normalized spacial score (nSPS) is 13.6. The molecule has 2 heterocycles. The zero-order valence-corrected chi connectivity index (χ0v) is 16.8. The maximum absolute atomic E-state index is 13.4. The van der Waals surface area contributed by atoms with E-state index in [0.29, 0.717) is 31.0 Å². The molecule has 1 aromatic heterocycles. The lowest BCUT2D eigenvalue weighted by molar-refractivity contribution is 0.0741. The van der Waals surface area contributed by atoms with Crippen LogP contribution in [0.2, 0.25) is 0 Å². The lowest BCUT2D eigenvalue weighted by atomic mass is 10.0. The number of aromatic nitrogens is 1. The molecule has 0 saturated heterocycles. The molecule has 4 aromatic rings. The van der Waals surface area contributed by atoms with E-state index >= 15 is 0 Å². The summed E-state index contributed by atoms with van der Waals surface area (Å²) in [5.74, 6) is 0.622. The number of carbonyl (C=O) groups is 1. The number of aryl methyl sites for hydroxylation is 1. The third kappa shape index (κ3) is 3.52. The molecule has 1 aliphatic heterocycles. The van der Waals surface area contributed by atoms with E-state index in [2.05, 4.69) is 37.3 Å². The molecular formula is C26H22N2O2. The van der Waals surface area contributed by atoms with Crippen LogP contribution in [0.15, 0.2) is 78.9 Å². The van der Waals surface area contributed by atoms with E-state index in [1.165, 1.54) is 5.56 Å². The number of rotatable bonds is 3. The zero-order chi connectivity index (χ0) is 20.5. The van der Waals surface area contributed by atoms with Crippen molar-refractivity contribution >= 4 is 16.8 Å². The van der Waals surface area contributed by atoms with E-state index in [9.17, 15) is 4.79 Å². The van der Waals surface area contributed by atoms with Crippen molar-refractivity contribution in [1.29, 1.82) is 0 Å². The minimum absolute atomic E-state index is 0.0218. The van der Waals surface area contributed by atoms with Crippen LogP contribution in [0.5, 0.6) is 5.75 Å². The SMILES string of the molecule is Cc1ccc(-c2ccc3c(c2)C(=O)N(Cc2ccc4ccccc4n2)CCO3)cc1. The first-order valence-corrected chi connectivity index (χ1v) is 10.2. The van der Waals surface area contributed by atoms with Gasteiger partial charge in [0.25, 0.3) is 5.91 Å². The van der Waals surface area contributed by atoms with Gasteiger partial charge in [-0.25, -0.2) is 0 Å². The van der Waals surface area contributed by atoms with Crippen LogP contribution < -0.4 is 4.74 Å². The van der Waals surface area contributed by atoms with Gasteiger partial charge in [-0.2, -0.15) is 0 Å². The number of hydrogen-bond donors (Lipinski definition) is 0. The first-order chi connectivity index (χ1) is 14.7. The number of nitrogens with zero attached hydrogens (tertiary/aromatic N) is 2. The smallest absolute Gasteiger partial charge is 0.258 e. The molecular weight excluding hydrogens is 372 g/mol. The van der Waals surface area contributed by atoms with Gasteiger partial charge in [0.2, 0.25) is 0 Å². The van der Waals surface area contributed by atoms with Crippen LogP contribution in [0.1, 0.15) is 21.6 Å². The van der Waals surface area contributed by atoms with Gasteiger partial charge in [-0.3, -0.25) is 9.78 Å². The van der Waals surface area contributed by atoms with Gasteiger partial charge < -0.3 is 9.64 Å². The fraction of sp³-hybridized carbons (Fsp3) is 0.154. The Bertz CT molecular complexity index is 1230. The summed E-state index contributed by atoms with van der Waals surface area (Å²) >= 11 is 0. The number of benzene rings is 3. The molecule has 0 atom stereocenters. The Morgan fingerprint density at radius 1 is 0.933 bits per heavy atom. The number of fused-ring (bicyclic) bond motifs is 2. The highest BCUT2D eigenvalue weighted by Crippen LogP contribution is 2.30. The number of para-hydroxylation sites is 1. The second-order valence-electron chi connectivity index (χ2n) is 7.65. The molecule has 0 bridgehead atoms. The molecule has 0 spiro atoms. The Hall–Kier alpha value is -3.66. The topological polar surface area (TPSA) is 42.4 Å². The second-order valence-corrected chi connectivity index (χ2v) is 7.65. The molecule has 4 nitrogen and oxygen atoms in total. The third-order valence-corrected chi connectivity index (χ3v) is 5.51. The van der Waals surface area contributed by atoms with Gasteiger partial charge in [-0.1, -0.05) is 60.2 Å². The number of amides is 1. The van der Waals surface area contributed by atoms with Crippen molar-refractivity contribution in [2.75, 3.05) is 13.2 Å². The van der Waals surface area contributed by atoms with Gasteiger partial charge in [-0.05, 0) is 42.3 Å². The Kier molecular flexibility index (Phi) is 4.68. The molecule has 30 heavy (non-hydrogen) atoms. The van der Waals surface area contributed by atoms with Crippen LogP contribution in [0, 0.1) is 6.92 Å². The molecule has 1 aliphatic rings. The molecule has 0 aliphatic carbocycles. The van der Waals surface area contributed by atoms with E-state index < -0.39 is 0 Å². The summed E-state index contributed by atoms with van der Waals surface area (Å²) in [7, 11) is 0. The molecule has 1 amide bonds. The predicted molar refractivity (Wildman–Crippen MR) is 119 cm³/mol. The van der Waals surface area contributed by atoms with Gasteiger partial charge in [0.05, 0.1) is 29.9 Å². The second kappa shape index (κ2) is 7.64. The summed E-state index contributed by atoms with van der Waals surface area (Å²) < 4.78 is 5.88. The van der Waals surface area contributed by atoms with E-state index in [0.717, 1.165) is 27.7 Å². The van der Waals surface area contributed by atoms with Gasteiger partial charge in [-0.15, -0.1) is 0 Å². The fourth-order valence-corrected chi connectivity index (χ4v) is 3.83. The fourth-order valence-electron chi connectivity index (χ4n) is 3.83. The molecule has 0 saturated carbocycles. The monoisotopic (exact) mass is 394 g/mol. The van der Waals surface area contributed by atoms with Crippen LogP contribution in [0.25, 0.3) is 22.0 Å². The van der Waals surface area contributed by atoms with Crippen LogP contribution in [0.3, 0.4) is 0 Å². The van der Waals surface area contributed by atoms with Gasteiger partial charge in [0.15, 0.2) is 0 Å². The average molecular weight is 394 g/mol. The average Bonchev–Trinajstić information content (AvgIpc) is 2.93. The van der Waals surface area contributed by atoms with Crippen molar-refractivity contribution in [3.8, 4) is 16.9 Å². The highest BCUT2D eigenvalue weighted by Gasteiger charge is 2.24. The van der Waals surface area contributed by atoms with Gasteiger partial charge >= 0.3 is 0 Å². The quantitative estimate of drug-likeness (QED) is 0.477. The molecule has 3 aromatic carbocycles. The number of hydrogen-bond acceptors (Lipinski definition) is 3. The van der Waals surface area contributed by atoms with Gasteiger partial charge in [0, 0.05) is 5.39 Å². The summed E-state index contributed by atoms with van der Waals surface area (Å²) in [5, 5.41) is 1.10. The minimum Gasteiger partial charge on any atom is -0.491 e. The first-order valence-electron chi connectivity index (χ1n) is 10.2. The van der Waals surface area contributed by atoms with Crippen molar-refractivity contribution < 1.29 is 9.53 Å². The van der Waals surface area contributed by atoms with Crippen LogP contribution in [-0.2, 0) is 6.54 Å². The highest BCUT2D eigenvalue weighted by molar-refractivity contribution is 5.98. The molecule has 0 unspecified atom stereocenters. The van der Waals surface area contributed by atoms with Crippen molar-refractivity contribution in [3.05, 3.63) is 95.7 Å². The number of carbonyl (C=O) groups excluding carboxylic acids is 1. The predicted octanol–water partition coefficient (Wildman–Crippen LogP) is 5.25. The largest absolute Gasteiger partial charge is 0.491 e. The van der Waals surface area contributed by atoms with Crippen molar-refractivity contribution in [2.24, 2.45) is 0 Å². The Labute approximate surface area is 175 Å². The highest BCUT2D eigenvalue weighted by atomic mass is 16.5. The van der Waals surface area contributed by atoms with E-state index in [1.807, 2.05) is 53.4 Å². The summed E-state index contributed by atoms with van der Waals surface area (Å²) in [6.45, 7) is 3.52. The number of ether oxygens (including phenoxy) is 1. The Morgan fingerprint density at radius 3 is 2.60 bits per heavy atom. The van der Waals surface area contributed by atoms with Crippen molar-refractivity contribution in [2.45, 2.75) is 13.5 Å². The molecule has 0 N–H and O–H groups in total. The summed E-state index contributed by atoms with van der Waals surface area (Å²) in [4.78, 5) is 19.9. The lowest BCUT2D eigenvalue weighted by Crippen LogP contribution is -2.32. The molecule has 148 valence electrons. The molecule has 5 rings (SSSR count). The summed E-state index contributed by atoms with van der Waals surface area (Å²) in [6, 6.07) is 26.2. The standard InChI is InChI=1S/C26H22N2O2/c1-18-6-8-19(9-7-18)21-11-13-25-23(16-21)26(29)28(14-15-30-25)17-22-12-10-20-4-2-3-5-24(20)27-22/h2-13,16H,14-15,17H2,1H3. The summed E-state index contributed by atoms with van der Waals surface area (Å²) in [6.07, 6.45) is 0. The minimum atomic E-state index is -0.0218. The van der Waals surface area contributed by atoms with E-state index in [1.54, 1.807) is 0 Å².